The van der Waals surface area contributed by atoms with Crippen LogP contribution < -0.4 is 5.84 Å². The minimum Gasteiger partial charge on any atom is -0.323 e. The van der Waals surface area contributed by atoms with Crippen molar-refractivity contribution in [1.29, 1.82) is 0 Å². The summed E-state index contributed by atoms with van der Waals surface area (Å²) in [5.74, 6) is 4.78. The van der Waals surface area contributed by atoms with E-state index in [0.717, 1.165) is 5.56 Å². The summed E-state index contributed by atoms with van der Waals surface area (Å²) in [6.07, 6.45) is 1.49. The lowest BCUT2D eigenvalue weighted by Gasteiger charge is -1.99. The molecular formula is C7H5FI2N2. The van der Waals surface area contributed by atoms with Crippen LogP contribution in [0.2, 0.25) is 0 Å². The van der Waals surface area contributed by atoms with E-state index < -0.39 is 0 Å². The summed E-state index contributed by atoms with van der Waals surface area (Å²) in [7, 11) is 0. The van der Waals surface area contributed by atoms with Crippen LogP contribution in [0.15, 0.2) is 17.2 Å². The molecule has 12 heavy (non-hydrogen) atoms. The van der Waals surface area contributed by atoms with E-state index in [0.29, 0.717) is 7.14 Å². The summed E-state index contributed by atoms with van der Waals surface area (Å²) in [6.45, 7) is 0. The molecule has 0 aromatic heterocycles. The van der Waals surface area contributed by atoms with E-state index in [1.807, 2.05) is 45.2 Å². The van der Waals surface area contributed by atoms with Gasteiger partial charge < -0.3 is 5.84 Å². The van der Waals surface area contributed by atoms with Crippen LogP contribution in [0.1, 0.15) is 5.56 Å². The molecule has 1 aromatic carbocycles. The Balaban J connectivity index is 3.21. The molecule has 1 rings (SSSR count). The summed E-state index contributed by atoms with van der Waals surface area (Å²) >= 11 is 3.87. The third kappa shape index (κ3) is 2.28. The number of rotatable bonds is 1. The van der Waals surface area contributed by atoms with Gasteiger partial charge in [-0.05, 0) is 62.9 Å². The number of hydrogen-bond acceptors (Lipinski definition) is 2. The molecule has 0 radical (unpaired) electrons. The minimum absolute atomic E-state index is 0.189. The Morgan fingerprint density at radius 3 is 2.25 bits per heavy atom. The molecule has 5 heteroatoms. The van der Waals surface area contributed by atoms with E-state index in [1.54, 1.807) is 12.1 Å². The summed E-state index contributed by atoms with van der Waals surface area (Å²) in [5, 5.41) is 3.36. The third-order valence-electron chi connectivity index (χ3n) is 1.23. The molecule has 0 amide bonds. The van der Waals surface area contributed by atoms with Crippen molar-refractivity contribution in [2.24, 2.45) is 10.9 Å². The molecule has 0 fully saturated rings. The van der Waals surface area contributed by atoms with Crippen molar-refractivity contribution in [2.45, 2.75) is 0 Å². The molecular weight excluding hydrogens is 385 g/mol. The second-order valence-corrected chi connectivity index (χ2v) is 4.40. The fraction of sp³-hybridized carbons (Fsp3) is 0. The van der Waals surface area contributed by atoms with Gasteiger partial charge in [-0.2, -0.15) is 5.10 Å². The van der Waals surface area contributed by atoms with Gasteiger partial charge in [0.1, 0.15) is 5.82 Å². The van der Waals surface area contributed by atoms with Gasteiger partial charge in [0, 0.05) is 0 Å². The zero-order chi connectivity index (χ0) is 9.14. The highest BCUT2D eigenvalue weighted by atomic mass is 127. The molecule has 0 aliphatic heterocycles. The van der Waals surface area contributed by atoms with Gasteiger partial charge in [-0.15, -0.1) is 0 Å². The second-order valence-electron chi connectivity index (χ2n) is 2.08. The molecule has 0 aliphatic rings. The number of hydrogen-bond donors (Lipinski definition) is 1. The Labute approximate surface area is 96.7 Å². The Hall–Kier alpha value is 0.0800. The lowest BCUT2D eigenvalue weighted by molar-refractivity contribution is 0.612. The van der Waals surface area contributed by atoms with Crippen molar-refractivity contribution in [3.63, 3.8) is 0 Å². The molecule has 0 bridgehead atoms. The quantitative estimate of drug-likeness (QED) is 0.258. The fourth-order valence-electron chi connectivity index (χ4n) is 0.736. The van der Waals surface area contributed by atoms with Crippen LogP contribution in [0.3, 0.4) is 0 Å². The average Bonchev–Trinajstić information content (AvgIpc) is 2.01. The van der Waals surface area contributed by atoms with E-state index in [2.05, 4.69) is 5.10 Å². The molecule has 0 unspecified atom stereocenters. The maximum absolute atomic E-state index is 13.1. The van der Waals surface area contributed by atoms with Gasteiger partial charge >= 0.3 is 0 Å². The minimum atomic E-state index is -0.189. The number of halogens is 3. The van der Waals surface area contributed by atoms with Gasteiger partial charge in [0.15, 0.2) is 0 Å². The molecule has 0 spiro atoms. The highest BCUT2D eigenvalue weighted by Crippen LogP contribution is 2.18. The highest BCUT2D eigenvalue weighted by molar-refractivity contribution is 14.1. The molecule has 0 aliphatic carbocycles. The zero-order valence-electron chi connectivity index (χ0n) is 5.89. The molecule has 2 nitrogen and oxygen atoms in total. The van der Waals surface area contributed by atoms with E-state index in [9.17, 15) is 4.39 Å². The van der Waals surface area contributed by atoms with Gasteiger partial charge in [0.05, 0.1) is 13.4 Å². The summed E-state index contributed by atoms with van der Waals surface area (Å²) in [6, 6.07) is 3.38. The van der Waals surface area contributed by atoms with E-state index in [1.165, 1.54) is 6.21 Å². The first kappa shape index (κ1) is 10.2. The molecule has 0 atom stereocenters. The van der Waals surface area contributed by atoms with E-state index in [4.69, 9.17) is 5.84 Å². The summed E-state index contributed by atoms with van der Waals surface area (Å²) < 4.78 is 14.2. The van der Waals surface area contributed by atoms with Crippen LogP contribution in [0.25, 0.3) is 0 Å². The van der Waals surface area contributed by atoms with Crippen molar-refractivity contribution in [3.05, 3.63) is 30.7 Å². The van der Waals surface area contributed by atoms with Gasteiger partial charge in [-0.1, -0.05) is 0 Å². The number of nitrogens with two attached hydrogens (primary N) is 1. The zero-order valence-corrected chi connectivity index (χ0v) is 10.2. The van der Waals surface area contributed by atoms with E-state index >= 15 is 0 Å². The third-order valence-corrected chi connectivity index (χ3v) is 2.80. The predicted octanol–water partition coefficient (Wildman–Crippen LogP) is 2.33. The lowest BCUT2D eigenvalue weighted by atomic mass is 10.2. The Morgan fingerprint density at radius 1 is 1.33 bits per heavy atom. The van der Waals surface area contributed by atoms with Crippen LogP contribution >= 0.6 is 45.2 Å². The van der Waals surface area contributed by atoms with Crippen molar-refractivity contribution >= 4 is 51.4 Å². The highest BCUT2D eigenvalue weighted by Gasteiger charge is 2.04. The van der Waals surface area contributed by atoms with Crippen molar-refractivity contribution in [1.82, 2.24) is 0 Å². The first-order chi connectivity index (χ1) is 5.65. The van der Waals surface area contributed by atoms with Crippen molar-refractivity contribution in [3.8, 4) is 0 Å². The van der Waals surface area contributed by atoms with Crippen LogP contribution in [-0.4, -0.2) is 6.21 Å². The molecule has 1 aromatic rings. The predicted molar refractivity (Wildman–Crippen MR) is 63.6 cm³/mol. The maximum Gasteiger partial charge on any atom is 0.149 e. The van der Waals surface area contributed by atoms with Gasteiger partial charge in [0.25, 0.3) is 0 Å². The normalized spacial score (nSPS) is 10.9. The summed E-state index contributed by atoms with van der Waals surface area (Å²) in [5.41, 5.74) is 0.813. The summed E-state index contributed by atoms with van der Waals surface area (Å²) in [4.78, 5) is 0. The topological polar surface area (TPSA) is 38.4 Å². The molecule has 64 valence electrons. The maximum atomic E-state index is 13.1. The Morgan fingerprint density at radius 2 is 1.83 bits per heavy atom. The molecule has 0 saturated heterocycles. The largest absolute Gasteiger partial charge is 0.323 e. The first-order valence-electron chi connectivity index (χ1n) is 3.03. The second kappa shape index (κ2) is 4.35. The van der Waals surface area contributed by atoms with Crippen LogP contribution in [0.4, 0.5) is 4.39 Å². The van der Waals surface area contributed by atoms with Crippen LogP contribution in [0.5, 0.6) is 0 Å². The lowest BCUT2D eigenvalue weighted by Crippen LogP contribution is -1.93. The number of hydrazone groups is 1. The molecule has 0 saturated carbocycles. The van der Waals surface area contributed by atoms with Crippen LogP contribution in [0, 0.1) is 13.0 Å². The van der Waals surface area contributed by atoms with E-state index in [-0.39, 0.29) is 5.82 Å². The Kier molecular flexibility index (Phi) is 3.69. The molecule has 0 heterocycles. The van der Waals surface area contributed by atoms with Gasteiger partial charge in [0.2, 0.25) is 0 Å². The standard InChI is InChI=1S/C7H5FI2N2/c8-7-5(9)1-4(3-12-11)2-6(7)10/h1-3H,11H2. The van der Waals surface area contributed by atoms with Crippen molar-refractivity contribution in [2.75, 3.05) is 0 Å². The van der Waals surface area contributed by atoms with Gasteiger partial charge in [-0.3, -0.25) is 0 Å². The first-order valence-corrected chi connectivity index (χ1v) is 5.18. The SMILES string of the molecule is NN=Cc1cc(I)c(F)c(I)c1. The fourth-order valence-corrected chi connectivity index (χ4v) is 2.55. The van der Waals surface area contributed by atoms with Gasteiger partial charge in [-0.25, -0.2) is 4.39 Å². The smallest absolute Gasteiger partial charge is 0.149 e. The number of benzene rings is 1. The number of nitrogens with zero attached hydrogens (tertiary/aromatic N) is 1. The Bertz CT molecular complexity index is 302. The van der Waals surface area contributed by atoms with Crippen LogP contribution in [-0.2, 0) is 0 Å². The average molecular weight is 390 g/mol. The monoisotopic (exact) mass is 390 g/mol. The van der Waals surface area contributed by atoms with Crippen molar-refractivity contribution < 1.29 is 4.39 Å². The molecule has 2 N–H and O–H groups in total.